The number of hydrogen-bond donors (Lipinski definition) is 4. The van der Waals surface area contributed by atoms with Crippen LogP contribution in [-0.4, -0.2) is 52.6 Å². The van der Waals surface area contributed by atoms with Crippen LogP contribution in [0.4, 0.5) is 0 Å². The van der Waals surface area contributed by atoms with Crippen LogP contribution in [0.2, 0.25) is 0 Å². The molecule has 0 aromatic carbocycles. The van der Waals surface area contributed by atoms with Gasteiger partial charge in [-0.25, -0.2) is 0 Å². The van der Waals surface area contributed by atoms with E-state index in [-0.39, 0.29) is 0 Å². The molecule has 120 valence electrons. The van der Waals surface area contributed by atoms with Crippen LogP contribution >= 0.6 is 0 Å². The molecule has 5 heteroatoms. The Labute approximate surface area is 125 Å². The van der Waals surface area contributed by atoms with Crippen LogP contribution in [0.5, 0.6) is 0 Å². The van der Waals surface area contributed by atoms with E-state index in [2.05, 4.69) is 13.2 Å². The van der Waals surface area contributed by atoms with Crippen molar-refractivity contribution in [3.05, 3.63) is 25.3 Å². The quantitative estimate of drug-likeness (QED) is 0.487. The summed E-state index contributed by atoms with van der Waals surface area (Å²) in [6.07, 6.45) is 5.02. The third-order valence-corrected chi connectivity index (χ3v) is 5.23. The van der Waals surface area contributed by atoms with E-state index >= 15 is 0 Å². The lowest BCUT2D eigenvalue weighted by Gasteiger charge is -2.55. The van der Waals surface area contributed by atoms with Gasteiger partial charge in [-0.2, -0.15) is 0 Å². The van der Waals surface area contributed by atoms with Crippen LogP contribution in [-0.2, 0) is 4.79 Å². The molecule has 21 heavy (non-hydrogen) atoms. The maximum absolute atomic E-state index is 13.0. The number of aliphatic hydroxyl groups excluding tert-OH is 4. The third kappa shape index (κ3) is 2.48. The SMILES string of the molecule is C=CCC1(CC=C)CCC(CO)(CO)C(=O)C1(CO)CO. The van der Waals surface area contributed by atoms with Crippen molar-refractivity contribution in [3.8, 4) is 0 Å². The van der Waals surface area contributed by atoms with Crippen molar-refractivity contribution < 1.29 is 25.2 Å². The first-order valence-electron chi connectivity index (χ1n) is 7.18. The van der Waals surface area contributed by atoms with Crippen molar-refractivity contribution in [1.82, 2.24) is 0 Å². The van der Waals surface area contributed by atoms with Crippen LogP contribution in [0, 0.1) is 16.2 Å². The topological polar surface area (TPSA) is 98.0 Å². The predicted molar refractivity (Wildman–Crippen MR) is 79.5 cm³/mol. The Balaban J connectivity index is 3.45. The summed E-state index contributed by atoms with van der Waals surface area (Å²) in [5, 5.41) is 39.0. The van der Waals surface area contributed by atoms with E-state index in [0.29, 0.717) is 25.7 Å². The van der Waals surface area contributed by atoms with Crippen molar-refractivity contribution in [2.45, 2.75) is 25.7 Å². The van der Waals surface area contributed by atoms with E-state index in [1.54, 1.807) is 12.2 Å². The second-order valence-corrected chi connectivity index (χ2v) is 6.09. The second kappa shape index (κ2) is 6.83. The van der Waals surface area contributed by atoms with Gasteiger partial charge >= 0.3 is 0 Å². The summed E-state index contributed by atoms with van der Waals surface area (Å²) in [7, 11) is 0. The fourth-order valence-corrected chi connectivity index (χ4v) is 3.69. The molecule has 4 N–H and O–H groups in total. The van der Waals surface area contributed by atoms with Crippen LogP contribution in [0.3, 0.4) is 0 Å². The van der Waals surface area contributed by atoms with Crippen molar-refractivity contribution in [3.63, 3.8) is 0 Å². The highest BCUT2D eigenvalue weighted by atomic mass is 16.3. The zero-order chi connectivity index (χ0) is 16.1. The van der Waals surface area contributed by atoms with Crippen molar-refractivity contribution in [2.75, 3.05) is 26.4 Å². The third-order valence-electron chi connectivity index (χ3n) is 5.23. The zero-order valence-corrected chi connectivity index (χ0v) is 12.4. The number of carbonyl (C=O) groups excluding carboxylic acids is 1. The lowest BCUT2D eigenvalue weighted by molar-refractivity contribution is -0.177. The van der Waals surface area contributed by atoms with Gasteiger partial charge in [0.05, 0.1) is 37.3 Å². The summed E-state index contributed by atoms with van der Waals surface area (Å²) in [5.41, 5.74) is -3.42. The van der Waals surface area contributed by atoms with E-state index in [9.17, 15) is 25.2 Å². The maximum Gasteiger partial charge on any atom is 0.154 e. The van der Waals surface area contributed by atoms with Gasteiger partial charge in [0, 0.05) is 0 Å². The average molecular weight is 298 g/mol. The number of ketones is 1. The fraction of sp³-hybridized carbons (Fsp3) is 0.688. The summed E-state index contributed by atoms with van der Waals surface area (Å²) < 4.78 is 0. The minimum Gasteiger partial charge on any atom is -0.395 e. The number of carbonyl (C=O) groups is 1. The number of aliphatic hydroxyl groups is 4. The first-order chi connectivity index (χ1) is 9.98. The number of rotatable bonds is 8. The van der Waals surface area contributed by atoms with Gasteiger partial charge in [0.1, 0.15) is 0 Å². The van der Waals surface area contributed by atoms with Gasteiger partial charge in [0.25, 0.3) is 0 Å². The van der Waals surface area contributed by atoms with Gasteiger partial charge in [-0.15, -0.1) is 13.2 Å². The summed E-state index contributed by atoms with van der Waals surface area (Å²) >= 11 is 0. The molecule has 1 saturated carbocycles. The molecule has 1 aliphatic rings. The molecule has 0 bridgehead atoms. The highest BCUT2D eigenvalue weighted by Gasteiger charge is 2.63. The lowest BCUT2D eigenvalue weighted by atomic mass is 9.47. The van der Waals surface area contributed by atoms with Gasteiger partial charge in [0.15, 0.2) is 5.78 Å². The van der Waals surface area contributed by atoms with Crippen molar-refractivity contribution in [2.24, 2.45) is 16.2 Å². The Morgan fingerprint density at radius 1 is 0.905 bits per heavy atom. The molecule has 5 nitrogen and oxygen atoms in total. The molecule has 0 aromatic rings. The molecule has 0 amide bonds. The molecular weight excluding hydrogens is 272 g/mol. The molecular formula is C16H26O5. The van der Waals surface area contributed by atoms with Gasteiger partial charge in [-0.3, -0.25) is 4.79 Å². The zero-order valence-electron chi connectivity index (χ0n) is 12.4. The highest BCUT2D eigenvalue weighted by Crippen LogP contribution is 2.57. The largest absolute Gasteiger partial charge is 0.395 e. The number of allylic oxidation sites excluding steroid dienone is 2. The Hall–Kier alpha value is -1.01. The molecule has 0 spiro atoms. The second-order valence-electron chi connectivity index (χ2n) is 6.09. The Morgan fingerprint density at radius 2 is 1.38 bits per heavy atom. The lowest BCUT2D eigenvalue weighted by Crippen LogP contribution is -2.63. The molecule has 0 aliphatic heterocycles. The van der Waals surface area contributed by atoms with E-state index in [4.69, 9.17) is 0 Å². The Bertz CT molecular complexity index is 383. The molecule has 0 saturated heterocycles. The minimum atomic E-state index is -1.42. The Kier molecular flexibility index (Phi) is 5.87. The number of hydrogen-bond acceptors (Lipinski definition) is 5. The van der Waals surface area contributed by atoms with Gasteiger partial charge in [-0.05, 0) is 31.1 Å². The normalized spacial score (nSPS) is 22.8. The smallest absolute Gasteiger partial charge is 0.154 e. The predicted octanol–water partition coefficient (Wildman–Crippen LogP) is 0.430. The van der Waals surface area contributed by atoms with Gasteiger partial charge in [-0.1, -0.05) is 12.2 Å². The van der Waals surface area contributed by atoms with Gasteiger partial charge < -0.3 is 20.4 Å². The number of Topliss-reactive ketones (excluding diaryl/α,β-unsaturated/α-hetero) is 1. The minimum absolute atomic E-state index is 0.308. The first kappa shape index (κ1) is 18.0. The van der Waals surface area contributed by atoms with E-state index < -0.39 is 48.5 Å². The van der Waals surface area contributed by atoms with E-state index in [1.165, 1.54) is 0 Å². The maximum atomic E-state index is 13.0. The van der Waals surface area contributed by atoms with Crippen molar-refractivity contribution in [1.29, 1.82) is 0 Å². The first-order valence-corrected chi connectivity index (χ1v) is 7.18. The molecule has 1 fully saturated rings. The average Bonchev–Trinajstić information content (AvgIpc) is 2.50. The van der Waals surface area contributed by atoms with Crippen LogP contribution in [0.15, 0.2) is 25.3 Å². The molecule has 0 atom stereocenters. The fourth-order valence-electron chi connectivity index (χ4n) is 3.69. The molecule has 0 heterocycles. The summed E-state index contributed by atoms with van der Waals surface area (Å²) in [4.78, 5) is 13.0. The van der Waals surface area contributed by atoms with Crippen LogP contribution < -0.4 is 0 Å². The Morgan fingerprint density at radius 3 is 1.71 bits per heavy atom. The molecule has 0 unspecified atom stereocenters. The van der Waals surface area contributed by atoms with Crippen LogP contribution in [0.1, 0.15) is 25.7 Å². The summed E-state index contributed by atoms with van der Waals surface area (Å²) in [5.74, 6) is -0.472. The standard InChI is InChI=1S/C16H26O5/c1-3-5-15(6-4-2)8-7-14(9-17,10-18)13(21)16(15,11-19)12-20/h3-4,17-20H,1-2,5-12H2. The summed E-state index contributed by atoms with van der Waals surface area (Å²) in [6.45, 7) is 5.35. The molecule has 0 radical (unpaired) electrons. The van der Waals surface area contributed by atoms with Crippen molar-refractivity contribution >= 4 is 5.78 Å². The van der Waals surface area contributed by atoms with E-state index in [0.717, 1.165) is 0 Å². The monoisotopic (exact) mass is 298 g/mol. The molecule has 0 aromatic heterocycles. The molecule has 1 aliphatic carbocycles. The highest BCUT2D eigenvalue weighted by molar-refractivity contribution is 5.92. The summed E-state index contributed by atoms with van der Waals surface area (Å²) in [6, 6.07) is 0. The van der Waals surface area contributed by atoms with Gasteiger partial charge in [0.2, 0.25) is 0 Å². The van der Waals surface area contributed by atoms with Crippen LogP contribution in [0.25, 0.3) is 0 Å². The molecule has 1 rings (SSSR count). The van der Waals surface area contributed by atoms with E-state index in [1.807, 2.05) is 0 Å².